The van der Waals surface area contributed by atoms with E-state index in [4.69, 9.17) is 10.5 Å². The van der Waals surface area contributed by atoms with Gasteiger partial charge >= 0.3 is 0 Å². The van der Waals surface area contributed by atoms with E-state index in [0.717, 1.165) is 45.3 Å². The first kappa shape index (κ1) is 15.7. The van der Waals surface area contributed by atoms with Crippen LogP contribution in [0.25, 0.3) is 0 Å². The predicted octanol–water partition coefficient (Wildman–Crippen LogP) is 1.22. The third-order valence-electron chi connectivity index (χ3n) is 2.67. The molecule has 0 spiro atoms. The molecule has 96 valence electrons. The molecule has 0 saturated carbocycles. The van der Waals surface area contributed by atoms with Crippen LogP contribution in [0.1, 0.15) is 38.5 Å². The highest BCUT2D eigenvalue weighted by Crippen LogP contribution is 2.16. The van der Waals surface area contributed by atoms with Crippen LogP contribution in [0.3, 0.4) is 0 Å². The van der Waals surface area contributed by atoms with Crippen molar-refractivity contribution in [2.75, 3.05) is 19.7 Å². The second kappa shape index (κ2) is 9.87. The maximum absolute atomic E-state index is 11.4. The molecule has 0 bridgehead atoms. The first-order valence-electron chi connectivity index (χ1n) is 5.91. The smallest absolute Gasteiger partial charge is 0.220 e. The van der Waals surface area contributed by atoms with E-state index in [-0.39, 0.29) is 18.3 Å². The quantitative estimate of drug-likeness (QED) is 0.668. The van der Waals surface area contributed by atoms with Crippen molar-refractivity contribution in [1.29, 1.82) is 0 Å². The lowest BCUT2D eigenvalue weighted by Gasteiger charge is -2.09. The van der Waals surface area contributed by atoms with Crippen molar-refractivity contribution >= 4 is 18.3 Å². The van der Waals surface area contributed by atoms with Crippen molar-refractivity contribution in [3.63, 3.8) is 0 Å². The van der Waals surface area contributed by atoms with Gasteiger partial charge in [0.05, 0.1) is 6.10 Å². The van der Waals surface area contributed by atoms with Crippen LogP contribution in [0.4, 0.5) is 0 Å². The SMILES string of the molecule is Cl.NCCCCNC(=O)CCC1CCCO1. The van der Waals surface area contributed by atoms with Crippen LogP contribution < -0.4 is 11.1 Å². The molecule has 1 amide bonds. The van der Waals surface area contributed by atoms with Gasteiger partial charge in [0, 0.05) is 19.6 Å². The summed E-state index contributed by atoms with van der Waals surface area (Å²) < 4.78 is 5.45. The highest BCUT2D eigenvalue weighted by molar-refractivity contribution is 5.85. The third kappa shape index (κ3) is 7.04. The molecule has 1 aliphatic rings. The Bertz CT molecular complexity index is 185. The Kier molecular flexibility index (Phi) is 9.68. The van der Waals surface area contributed by atoms with Gasteiger partial charge in [0.2, 0.25) is 5.91 Å². The van der Waals surface area contributed by atoms with Crippen LogP contribution in [0.5, 0.6) is 0 Å². The fraction of sp³-hybridized carbons (Fsp3) is 0.909. The molecule has 5 heteroatoms. The molecule has 4 nitrogen and oxygen atoms in total. The molecule has 1 saturated heterocycles. The number of hydrogen-bond acceptors (Lipinski definition) is 3. The van der Waals surface area contributed by atoms with Gasteiger partial charge in [0.15, 0.2) is 0 Å². The zero-order valence-corrected chi connectivity index (χ0v) is 10.6. The highest BCUT2D eigenvalue weighted by Gasteiger charge is 2.16. The second-order valence-electron chi connectivity index (χ2n) is 4.02. The van der Waals surface area contributed by atoms with Gasteiger partial charge in [-0.3, -0.25) is 4.79 Å². The maximum atomic E-state index is 11.4. The van der Waals surface area contributed by atoms with Gasteiger partial charge in [-0.1, -0.05) is 0 Å². The number of hydrogen-bond donors (Lipinski definition) is 2. The van der Waals surface area contributed by atoms with E-state index in [1.165, 1.54) is 0 Å². The normalized spacial score (nSPS) is 19.2. The molecule has 16 heavy (non-hydrogen) atoms. The third-order valence-corrected chi connectivity index (χ3v) is 2.67. The molecular weight excluding hydrogens is 228 g/mol. The molecule has 0 aromatic heterocycles. The highest BCUT2D eigenvalue weighted by atomic mass is 35.5. The van der Waals surface area contributed by atoms with Gasteiger partial charge in [-0.05, 0) is 38.6 Å². The van der Waals surface area contributed by atoms with Crippen molar-refractivity contribution in [2.45, 2.75) is 44.6 Å². The maximum Gasteiger partial charge on any atom is 0.220 e. The molecule has 1 heterocycles. The summed E-state index contributed by atoms with van der Waals surface area (Å²) in [6.45, 7) is 2.32. The Morgan fingerprint density at radius 3 is 2.88 bits per heavy atom. The van der Waals surface area contributed by atoms with Gasteiger partial charge in [0.1, 0.15) is 0 Å². The fourth-order valence-electron chi connectivity index (χ4n) is 1.75. The lowest BCUT2D eigenvalue weighted by molar-refractivity contribution is -0.121. The minimum absolute atomic E-state index is 0. The van der Waals surface area contributed by atoms with Crippen LogP contribution in [0.2, 0.25) is 0 Å². The number of nitrogens with two attached hydrogens (primary N) is 1. The molecular formula is C11H23ClN2O2. The van der Waals surface area contributed by atoms with Gasteiger partial charge in [-0.25, -0.2) is 0 Å². The lowest BCUT2D eigenvalue weighted by atomic mass is 10.1. The van der Waals surface area contributed by atoms with Crippen molar-refractivity contribution in [3.8, 4) is 0 Å². The van der Waals surface area contributed by atoms with E-state index < -0.39 is 0 Å². The molecule has 3 N–H and O–H groups in total. The Morgan fingerprint density at radius 2 is 2.25 bits per heavy atom. The predicted molar refractivity (Wildman–Crippen MR) is 66.8 cm³/mol. The van der Waals surface area contributed by atoms with Crippen LogP contribution >= 0.6 is 12.4 Å². The Hall–Kier alpha value is -0.320. The summed E-state index contributed by atoms with van der Waals surface area (Å²) in [6.07, 6.45) is 5.98. The molecule has 0 aromatic carbocycles. The number of carbonyl (C=O) groups excluding carboxylic acids is 1. The summed E-state index contributed by atoms with van der Waals surface area (Å²) in [5.41, 5.74) is 5.36. The summed E-state index contributed by atoms with van der Waals surface area (Å²) >= 11 is 0. The monoisotopic (exact) mass is 250 g/mol. The minimum Gasteiger partial charge on any atom is -0.378 e. The van der Waals surface area contributed by atoms with Crippen molar-refractivity contribution in [3.05, 3.63) is 0 Å². The van der Waals surface area contributed by atoms with E-state index in [1.54, 1.807) is 0 Å². The van der Waals surface area contributed by atoms with E-state index in [2.05, 4.69) is 5.32 Å². The molecule has 1 aliphatic heterocycles. The first-order chi connectivity index (χ1) is 7.33. The Morgan fingerprint density at radius 1 is 1.44 bits per heavy atom. The average Bonchev–Trinajstić information content (AvgIpc) is 2.74. The largest absolute Gasteiger partial charge is 0.378 e. The summed E-state index contributed by atoms with van der Waals surface area (Å²) in [6, 6.07) is 0. The molecule has 1 unspecified atom stereocenters. The second-order valence-corrected chi connectivity index (χ2v) is 4.02. The van der Waals surface area contributed by atoms with E-state index in [1.807, 2.05) is 0 Å². The fourth-order valence-corrected chi connectivity index (χ4v) is 1.75. The topological polar surface area (TPSA) is 64.3 Å². The lowest BCUT2D eigenvalue weighted by Crippen LogP contribution is -2.25. The van der Waals surface area contributed by atoms with Crippen LogP contribution in [0, 0.1) is 0 Å². The number of carbonyl (C=O) groups is 1. The summed E-state index contributed by atoms with van der Waals surface area (Å²) in [7, 11) is 0. The zero-order chi connectivity index (χ0) is 10.9. The standard InChI is InChI=1S/C11H22N2O2.ClH/c12-7-1-2-8-13-11(14)6-5-10-4-3-9-15-10;/h10H,1-9,12H2,(H,13,14);1H. The molecule has 0 aliphatic carbocycles. The molecule has 0 aromatic rings. The number of unbranched alkanes of at least 4 members (excludes halogenated alkanes) is 1. The first-order valence-corrected chi connectivity index (χ1v) is 5.91. The van der Waals surface area contributed by atoms with Crippen LogP contribution in [-0.4, -0.2) is 31.7 Å². The number of amides is 1. The van der Waals surface area contributed by atoms with Crippen molar-refractivity contribution in [2.24, 2.45) is 5.73 Å². The minimum atomic E-state index is 0. The summed E-state index contributed by atoms with van der Waals surface area (Å²) in [4.78, 5) is 11.4. The van der Waals surface area contributed by atoms with E-state index in [9.17, 15) is 4.79 Å². The number of ether oxygens (including phenoxy) is 1. The number of halogens is 1. The van der Waals surface area contributed by atoms with Gasteiger partial charge in [-0.2, -0.15) is 0 Å². The van der Waals surface area contributed by atoms with E-state index >= 15 is 0 Å². The zero-order valence-electron chi connectivity index (χ0n) is 9.74. The summed E-state index contributed by atoms with van der Waals surface area (Å²) in [5.74, 6) is 0.141. The van der Waals surface area contributed by atoms with Gasteiger partial charge in [-0.15, -0.1) is 12.4 Å². The number of rotatable bonds is 7. The Labute approximate surface area is 104 Å². The molecule has 0 radical (unpaired) electrons. The number of nitrogens with one attached hydrogen (secondary N) is 1. The average molecular weight is 251 g/mol. The van der Waals surface area contributed by atoms with Crippen LogP contribution in [0.15, 0.2) is 0 Å². The molecule has 1 fully saturated rings. The Balaban J connectivity index is 0.00000225. The van der Waals surface area contributed by atoms with Crippen molar-refractivity contribution in [1.82, 2.24) is 5.32 Å². The molecule has 1 atom stereocenters. The van der Waals surface area contributed by atoms with Crippen LogP contribution in [-0.2, 0) is 9.53 Å². The molecule has 1 rings (SSSR count). The summed E-state index contributed by atoms with van der Waals surface area (Å²) in [5, 5.41) is 2.89. The van der Waals surface area contributed by atoms with Gasteiger partial charge in [0.25, 0.3) is 0 Å². The van der Waals surface area contributed by atoms with Crippen molar-refractivity contribution < 1.29 is 9.53 Å². The van der Waals surface area contributed by atoms with E-state index in [0.29, 0.717) is 19.1 Å². The van der Waals surface area contributed by atoms with Gasteiger partial charge < -0.3 is 15.8 Å².